The maximum Gasteiger partial charge on any atom is 0.249 e. The second-order valence-electron chi connectivity index (χ2n) is 9.04. The van der Waals surface area contributed by atoms with Crippen LogP contribution in [0.2, 0.25) is 0 Å². The molecular weight excluding hydrogens is 489 g/mol. The van der Waals surface area contributed by atoms with E-state index >= 15 is 0 Å². The molecule has 38 heavy (non-hydrogen) atoms. The van der Waals surface area contributed by atoms with Crippen LogP contribution in [0.4, 0.5) is 10.2 Å². The average Bonchev–Trinajstić information content (AvgIpc) is 3.21. The first kappa shape index (κ1) is 27.0. The topological polar surface area (TPSA) is 88.1 Å². The molecule has 3 aromatic rings. The Labute approximate surface area is 221 Å². The lowest BCUT2D eigenvalue weighted by Crippen LogP contribution is -2.44. The van der Waals surface area contributed by atoms with Crippen LogP contribution in [0.1, 0.15) is 12.0 Å². The number of hydrogen-bond acceptors (Lipinski definition) is 7. The highest BCUT2D eigenvalue weighted by molar-refractivity contribution is 5.85. The van der Waals surface area contributed by atoms with Crippen molar-refractivity contribution < 1.29 is 23.5 Å². The van der Waals surface area contributed by atoms with Crippen molar-refractivity contribution in [1.82, 2.24) is 20.0 Å². The summed E-state index contributed by atoms with van der Waals surface area (Å²) in [5.41, 5.74) is 2.46. The van der Waals surface area contributed by atoms with Gasteiger partial charge in [-0.15, -0.1) is 10.2 Å². The van der Waals surface area contributed by atoms with Gasteiger partial charge in [0.2, 0.25) is 11.8 Å². The molecule has 0 spiro atoms. The summed E-state index contributed by atoms with van der Waals surface area (Å²) < 4.78 is 23.5. The number of benzene rings is 2. The second kappa shape index (κ2) is 13.0. The van der Waals surface area contributed by atoms with E-state index in [4.69, 9.17) is 9.47 Å². The fraction of sp³-hybridized carbons (Fsp3) is 0.357. The minimum absolute atomic E-state index is 0.0735. The van der Waals surface area contributed by atoms with Gasteiger partial charge in [-0.1, -0.05) is 12.1 Å². The summed E-state index contributed by atoms with van der Waals surface area (Å²) in [6, 6.07) is 17.4. The Kier molecular flexibility index (Phi) is 9.21. The molecule has 9 nitrogen and oxygen atoms in total. The van der Waals surface area contributed by atoms with Gasteiger partial charge in [-0.3, -0.25) is 9.59 Å². The fourth-order valence-corrected chi connectivity index (χ4v) is 4.33. The smallest absolute Gasteiger partial charge is 0.249 e. The quantitative estimate of drug-likeness (QED) is 0.428. The SMILES string of the molecule is COCC(=O)N(CC(=O)N1CCCN(c2ccc(-c3ccc(OC)cc3)nn2)CC1)Cc1ccc(F)cc1. The largest absolute Gasteiger partial charge is 0.497 e. The first-order chi connectivity index (χ1) is 18.5. The average molecular weight is 522 g/mol. The normalized spacial score (nSPS) is 13.7. The zero-order valence-corrected chi connectivity index (χ0v) is 21.7. The van der Waals surface area contributed by atoms with Crippen molar-refractivity contribution in [3.05, 3.63) is 72.0 Å². The Morgan fingerprint density at radius 2 is 1.68 bits per heavy atom. The van der Waals surface area contributed by atoms with E-state index in [2.05, 4.69) is 15.1 Å². The summed E-state index contributed by atoms with van der Waals surface area (Å²) in [5, 5.41) is 8.82. The van der Waals surface area contributed by atoms with Crippen molar-refractivity contribution >= 4 is 17.6 Å². The molecular formula is C28H32FN5O4. The van der Waals surface area contributed by atoms with Gasteiger partial charge in [0.25, 0.3) is 0 Å². The van der Waals surface area contributed by atoms with Crippen molar-refractivity contribution in [3.8, 4) is 17.0 Å². The van der Waals surface area contributed by atoms with Crippen LogP contribution in [0.25, 0.3) is 11.3 Å². The van der Waals surface area contributed by atoms with E-state index in [1.165, 1.54) is 24.1 Å². The van der Waals surface area contributed by atoms with Gasteiger partial charge in [0.15, 0.2) is 5.82 Å². The van der Waals surface area contributed by atoms with Gasteiger partial charge >= 0.3 is 0 Å². The Morgan fingerprint density at radius 3 is 2.34 bits per heavy atom. The fourth-order valence-electron chi connectivity index (χ4n) is 4.33. The lowest BCUT2D eigenvalue weighted by Gasteiger charge is -2.27. The third-order valence-electron chi connectivity index (χ3n) is 6.44. The summed E-state index contributed by atoms with van der Waals surface area (Å²) in [6.45, 7) is 2.42. The monoisotopic (exact) mass is 521 g/mol. The van der Waals surface area contributed by atoms with Crippen LogP contribution in [0.15, 0.2) is 60.7 Å². The maximum atomic E-state index is 13.3. The standard InChI is InChI=1S/C28H32FN5O4/c1-37-20-28(36)34(18-21-4-8-23(29)9-5-21)19-27(35)33-15-3-14-32(16-17-33)26-13-12-25(30-31-26)22-6-10-24(38-2)11-7-22/h4-13H,3,14-20H2,1-2H3. The van der Waals surface area contributed by atoms with Gasteiger partial charge in [-0.2, -0.15) is 0 Å². The molecule has 200 valence electrons. The second-order valence-corrected chi connectivity index (χ2v) is 9.04. The molecule has 0 aliphatic carbocycles. The molecule has 1 aliphatic rings. The summed E-state index contributed by atoms with van der Waals surface area (Å²) in [6.07, 6.45) is 0.762. The van der Waals surface area contributed by atoms with Gasteiger partial charge in [0.05, 0.1) is 12.8 Å². The highest BCUT2D eigenvalue weighted by atomic mass is 19.1. The van der Waals surface area contributed by atoms with Gasteiger partial charge in [0.1, 0.15) is 24.7 Å². The van der Waals surface area contributed by atoms with E-state index in [0.717, 1.165) is 41.4 Å². The number of anilines is 1. The minimum atomic E-state index is -0.353. The van der Waals surface area contributed by atoms with Gasteiger partial charge in [0, 0.05) is 45.4 Å². The zero-order valence-electron chi connectivity index (χ0n) is 21.7. The number of carbonyl (C=O) groups excluding carboxylic acids is 2. The summed E-state index contributed by atoms with van der Waals surface area (Å²) in [4.78, 5) is 31.1. The van der Waals surface area contributed by atoms with Gasteiger partial charge in [-0.25, -0.2) is 4.39 Å². The first-order valence-electron chi connectivity index (χ1n) is 12.5. The van der Waals surface area contributed by atoms with Crippen molar-refractivity contribution in [1.29, 1.82) is 0 Å². The zero-order chi connectivity index (χ0) is 26.9. The number of hydrogen-bond donors (Lipinski definition) is 0. The van der Waals surface area contributed by atoms with Crippen LogP contribution >= 0.6 is 0 Å². The van der Waals surface area contributed by atoms with Crippen molar-refractivity contribution in [2.75, 3.05) is 58.5 Å². The summed E-state index contributed by atoms with van der Waals surface area (Å²) >= 11 is 0. The molecule has 2 heterocycles. The molecule has 0 N–H and O–H groups in total. The van der Waals surface area contributed by atoms with E-state index in [1.807, 2.05) is 36.4 Å². The molecule has 2 amide bonds. The number of halogens is 1. The Hall–Kier alpha value is -4.05. The third-order valence-corrected chi connectivity index (χ3v) is 6.44. The number of aromatic nitrogens is 2. The summed E-state index contributed by atoms with van der Waals surface area (Å²) in [5.74, 6) is 0.746. The van der Waals surface area contributed by atoms with Crippen molar-refractivity contribution in [2.45, 2.75) is 13.0 Å². The number of rotatable bonds is 9. The Balaban J connectivity index is 1.36. The van der Waals surface area contributed by atoms with E-state index in [9.17, 15) is 14.0 Å². The van der Waals surface area contributed by atoms with Gasteiger partial charge < -0.3 is 24.2 Å². The molecule has 1 saturated heterocycles. The molecule has 1 aromatic heterocycles. The third kappa shape index (κ3) is 7.04. The predicted octanol–water partition coefficient (Wildman–Crippen LogP) is 3.01. The molecule has 0 bridgehead atoms. The van der Waals surface area contributed by atoms with Crippen LogP contribution in [-0.4, -0.2) is 85.4 Å². The highest BCUT2D eigenvalue weighted by Gasteiger charge is 2.24. The molecule has 4 rings (SSSR count). The van der Waals surface area contributed by atoms with E-state index < -0.39 is 0 Å². The lowest BCUT2D eigenvalue weighted by atomic mass is 10.1. The summed E-state index contributed by atoms with van der Waals surface area (Å²) in [7, 11) is 3.07. The van der Waals surface area contributed by atoms with Crippen LogP contribution in [0, 0.1) is 5.82 Å². The lowest BCUT2D eigenvalue weighted by molar-refractivity contribution is -0.143. The molecule has 10 heteroatoms. The first-order valence-corrected chi connectivity index (χ1v) is 12.5. The molecule has 1 aliphatic heterocycles. The van der Waals surface area contributed by atoms with Crippen LogP contribution in [-0.2, 0) is 20.9 Å². The van der Waals surface area contributed by atoms with Crippen molar-refractivity contribution in [2.24, 2.45) is 0 Å². The Morgan fingerprint density at radius 1 is 0.921 bits per heavy atom. The van der Waals surface area contributed by atoms with Crippen LogP contribution in [0.3, 0.4) is 0 Å². The number of amides is 2. The number of nitrogens with zero attached hydrogens (tertiary/aromatic N) is 5. The minimum Gasteiger partial charge on any atom is -0.497 e. The maximum absolute atomic E-state index is 13.3. The number of ether oxygens (including phenoxy) is 2. The molecule has 0 unspecified atom stereocenters. The molecule has 0 atom stereocenters. The van der Waals surface area contributed by atoms with E-state index in [1.54, 1.807) is 24.1 Å². The molecule has 1 fully saturated rings. The highest BCUT2D eigenvalue weighted by Crippen LogP contribution is 2.22. The number of methoxy groups -OCH3 is 2. The van der Waals surface area contributed by atoms with E-state index in [0.29, 0.717) is 19.6 Å². The molecule has 0 radical (unpaired) electrons. The molecule has 2 aromatic carbocycles. The number of carbonyl (C=O) groups is 2. The Bertz CT molecular complexity index is 1210. The predicted molar refractivity (Wildman–Crippen MR) is 141 cm³/mol. The van der Waals surface area contributed by atoms with Crippen LogP contribution < -0.4 is 9.64 Å². The van der Waals surface area contributed by atoms with Crippen molar-refractivity contribution in [3.63, 3.8) is 0 Å². The molecule has 0 saturated carbocycles. The van der Waals surface area contributed by atoms with Crippen LogP contribution in [0.5, 0.6) is 5.75 Å². The van der Waals surface area contributed by atoms with Gasteiger partial charge in [-0.05, 0) is 60.5 Å². The van der Waals surface area contributed by atoms with E-state index in [-0.39, 0.29) is 37.3 Å².